The molecule has 0 heterocycles. The van der Waals surface area contributed by atoms with Crippen LogP contribution in [0.25, 0.3) is 12.2 Å². The van der Waals surface area contributed by atoms with Crippen LogP contribution >= 0.6 is 0 Å². The van der Waals surface area contributed by atoms with Gasteiger partial charge >= 0.3 is 0 Å². The molecule has 1 rings (SSSR count). The van der Waals surface area contributed by atoms with Gasteiger partial charge in [0.15, 0.2) is 0 Å². The van der Waals surface area contributed by atoms with E-state index in [0.29, 0.717) is 0 Å². The Balaban J connectivity index is 3.84. The first-order valence-electron chi connectivity index (χ1n) is 4.20. The van der Waals surface area contributed by atoms with Crippen LogP contribution in [0.3, 0.4) is 0 Å². The van der Waals surface area contributed by atoms with Crippen molar-refractivity contribution in [2.45, 2.75) is 4.90 Å². The maximum Gasteiger partial charge on any atom is 0.295 e. The van der Waals surface area contributed by atoms with Crippen LogP contribution in [0.1, 0.15) is 11.1 Å². The summed E-state index contributed by atoms with van der Waals surface area (Å²) in [5.41, 5.74) is 5.83. The normalized spacial score (nSPS) is 11.1. The van der Waals surface area contributed by atoms with E-state index in [1.165, 1.54) is 12.2 Å². The molecule has 0 amide bonds. The molecule has 0 spiro atoms. The largest absolute Gasteiger partial charge is 0.506 e. The third kappa shape index (κ3) is 1.93. The monoisotopic (exact) mass is 241 g/mol. The number of hydrogen-bond donors (Lipinski definition) is 3. The molecule has 0 unspecified atom stereocenters. The molecule has 0 aliphatic heterocycles. The van der Waals surface area contributed by atoms with Crippen molar-refractivity contribution in [3.05, 3.63) is 30.4 Å². The van der Waals surface area contributed by atoms with E-state index in [2.05, 4.69) is 13.2 Å². The number of phenols is 1. The van der Waals surface area contributed by atoms with Crippen LogP contribution in [-0.4, -0.2) is 18.1 Å². The van der Waals surface area contributed by atoms with Gasteiger partial charge in [-0.15, -0.1) is 0 Å². The summed E-state index contributed by atoms with van der Waals surface area (Å²) in [4.78, 5) is -0.455. The third-order valence-electron chi connectivity index (χ3n) is 2.08. The van der Waals surface area contributed by atoms with Gasteiger partial charge in [-0.2, -0.15) is 8.42 Å². The molecule has 16 heavy (non-hydrogen) atoms. The molecule has 1 aromatic carbocycles. The molecule has 0 fully saturated rings. The highest BCUT2D eigenvalue weighted by molar-refractivity contribution is 7.86. The second-order valence-electron chi connectivity index (χ2n) is 3.02. The fourth-order valence-corrected chi connectivity index (χ4v) is 2.07. The van der Waals surface area contributed by atoms with Crippen molar-refractivity contribution < 1.29 is 18.1 Å². The van der Waals surface area contributed by atoms with Gasteiger partial charge in [0.25, 0.3) is 10.1 Å². The van der Waals surface area contributed by atoms with Crippen LogP contribution in [0.5, 0.6) is 5.75 Å². The molecule has 6 heteroatoms. The number of aromatic hydroxyl groups is 1. The van der Waals surface area contributed by atoms with Gasteiger partial charge in [-0.05, 0) is 0 Å². The lowest BCUT2D eigenvalue weighted by Crippen LogP contribution is -2.04. The molecule has 0 bridgehead atoms. The first-order valence-corrected chi connectivity index (χ1v) is 5.64. The van der Waals surface area contributed by atoms with Crippen molar-refractivity contribution in [1.82, 2.24) is 0 Å². The number of hydrogen-bond acceptors (Lipinski definition) is 4. The lowest BCUT2D eigenvalue weighted by Gasteiger charge is -2.11. The van der Waals surface area contributed by atoms with Gasteiger partial charge in [0, 0.05) is 17.2 Å². The highest BCUT2D eigenvalue weighted by Gasteiger charge is 2.20. The van der Waals surface area contributed by atoms with Crippen molar-refractivity contribution in [2.75, 3.05) is 5.73 Å². The standard InChI is InChI=1S/C10H11NO4S/c1-3-6-7(4-2)10(11)8(12)5-9(6)16(13,14)15/h3-5,12H,1-2,11H2,(H,13,14,15). The van der Waals surface area contributed by atoms with E-state index in [4.69, 9.17) is 10.3 Å². The number of nitrogens with two attached hydrogens (primary N) is 1. The predicted molar refractivity (Wildman–Crippen MR) is 62.5 cm³/mol. The zero-order valence-corrected chi connectivity index (χ0v) is 9.16. The molecule has 1 aromatic rings. The van der Waals surface area contributed by atoms with Crippen LogP contribution in [0, 0.1) is 0 Å². The van der Waals surface area contributed by atoms with Crippen molar-refractivity contribution in [2.24, 2.45) is 0 Å². The van der Waals surface area contributed by atoms with Crippen molar-refractivity contribution >= 4 is 28.0 Å². The van der Waals surface area contributed by atoms with E-state index in [1.807, 2.05) is 0 Å². The first-order chi connectivity index (χ1) is 7.32. The number of rotatable bonds is 3. The number of anilines is 1. The van der Waals surface area contributed by atoms with Gasteiger partial charge in [-0.1, -0.05) is 25.3 Å². The molecule has 0 atom stereocenters. The molecule has 86 valence electrons. The predicted octanol–water partition coefficient (Wildman–Crippen LogP) is 1.51. The summed E-state index contributed by atoms with van der Waals surface area (Å²) in [5.74, 6) is -0.437. The molecule has 5 nitrogen and oxygen atoms in total. The molecular weight excluding hydrogens is 230 g/mol. The Bertz CT molecular complexity index is 561. The quantitative estimate of drug-likeness (QED) is 0.423. The molecule has 4 N–H and O–H groups in total. The molecular formula is C10H11NO4S. The summed E-state index contributed by atoms with van der Waals surface area (Å²) in [6, 6.07) is 0.870. The highest BCUT2D eigenvalue weighted by atomic mass is 32.2. The van der Waals surface area contributed by atoms with E-state index in [1.54, 1.807) is 0 Å². The Labute approximate surface area is 93.3 Å². The summed E-state index contributed by atoms with van der Waals surface area (Å²) in [7, 11) is -4.45. The molecule has 0 aliphatic rings. The average Bonchev–Trinajstić information content (AvgIpc) is 2.19. The Morgan fingerprint density at radius 1 is 1.25 bits per heavy atom. The molecule has 0 radical (unpaired) electrons. The third-order valence-corrected chi connectivity index (χ3v) is 2.97. The minimum absolute atomic E-state index is 0.0164. The van der Waals surface area contributed by atoms with Gasteiger partial charge in [0.05, 0.1) is 5.69 Å². The minimum Gasteiger partial charge on any atom is -0.506 e. The zero-order chi connectivity index (χ0) is 12.5. The first kappa shape index (κ1) is 12.3. The van der Waals surface area contributed by atoms with Gasteiger partial charge in [0.1, 0.15) is 10.6 Å². The summed E-state index contributed by atoms with van der Waals surface area (Å²) >= 11 is 0. The van der Waals surface area contributed by atoms with Gasteiger partial charge in [-0.3, -0.25) is 4.55 Å². The van der Waals surface area contributed by atoms with Gasteiger partial charge < -0.3 is 10.8 Å². The highest BCUT2D eigenvalue weighted by Crippen LogP contribution is 2.34. The summed E-state index contributed by atoms with van der Waals surface area (Å²) in [6.07, 6.45) is 2.50. The van der Waals surface area contributed by atoms with E-state index < -0.39 is 20.8 Å². The Kier molecular flexibility index (Phi) is 3.06. The maximum absolute atomic E-state index is 11.1. The van der Waals surface area contributed by atoms with Crippen LogP contribution in [0.4, 0.5) is 5.69 Å². The fraction of sp³-hybridized carbons (Fsp3) is 0. The Morgan fingerprint density at radius 2 is 1.75 bits per heavy atom. The topological polar surface area (TPSA) is 101 Å². The Morgan fingerprint density at radius 3 is 2.12 bits per heavy atom. The molecule has 0 saturated carbocycles. The summed E-state index contributed by atoms with van der Waals surface area (Å²) in [5, 5.41) is 9.41. The molecule has 0 aromatic heterocycles. The summed E-state index contributed by atoms with van der Waals surface area (Å²) in [6.45, 7) is 6.87. The van der Waals surface area contributed by atoms with Gasteiger partial charge in [-0.25, -0.2) is 0 Å². The van der Waals surface area contributed by atoms with Crippen molar-refractivity contribution in [3.8, 4) is 5.75 Å². The minimum atomic E-state index is -4.45. The van der Waals surface area contributed by atoms with E-state index in [-0.39, 0.29) is 16.8 Å². The van der Waals surface area contributed by atoms with Crippen molar-refractivity contribution in [1.29, 1.82) is 0 Å². The van der Waals surface area contributed by atoms with E-state index >= 15 is 0 Å². The number of benzene rings is 1. The lowest BCUT2D eigenvalue weighted by molar-refractivity contribution is 0.468. The molecule has 0 aliphatic carbocycles. The second kappa shape index (κ2) is 3.99. The zero-order valence-electron chi connectivity index (χ0n) is 8.34. The van der Waals surface area contributed by atoms with Crippen LogP contribution in [0.15, 0.2) is 24.1 Å². The van der Waals surface area contributed by atoms with Crippen molar-refractivity contribution in [3.63, 3.8) is 0 Å². The smallest absolute Gasteiger partial charge is 0.295 e. The molecule has 0 saturated heterocycles. The number of nitrogen functional groups attached to an aromatic ring is 1. The van der Waals surface area contributed by atoms with Crippen LogP contribution in [0.2, 0.25) is 0 Å². The van der Waals surface area contributed by atoms with Gasteiger partial charge in [0.2, 0.25) is 0 Å². The summed E-state index contributed by atoms with van der Waals surface area (Å²) < 4.78 is 31.1. The second-order valence-corrected chi connectivity index (χ2v) is 4.41. The number of phenolic OH excluding ortho intramolecular Hbond substituents is 1. The van der Waals surface area contributed by atoms with E-state index in [0.717, 1.165) is 6.07 Å². The van der Waals surface area contributed by atoms with E-state index in [9.17, 15) is 13.5 Å². The fourth-order valence-electron chi connectivity index (χ4n) is 1.34. The average molecular weight is 241 g/mol. The lowest BCUT2D eigenvalue weighted by atomic mass is 10.0. The van der Waals surface area contributed by atoms with Crippen LogP contribution < -0.4 is 5.73 Å². The SMILES string of the molecule is C=Cc1c(S(=O)(=O)O)cc(O)c(N)c1C=C. The van der Waals surface area contributed by atoms with Crippen LogP contribution in [-0.2, 0) is 10.1 Å². The Hall–Kier alpha value is -1.79. The maximum atomic E-state index is 11.1.